The number of ether oxygens (including phenoxy) is 3. The minimum atomic E-state index is -0.677. The second-order valence-electron chi connectivity index (χ2n) is 5.41. The lowest BCUT2D eigenvalue weighted by Crippen LogP contribution is -2.41. The smallest absolute Gasteiger partial charge is 0.340 e. The second-order valence-corrected chi connectivity index (χ2v) is 5.41. The minimum Gasteiger partial charge on any atom is -0.493 e. The molecule has 3 N–H and O–H groups in total. The van der Waals surface area contributed by atoms with Crippen LogP contribution in [-0.2, 0) is 16.1 Å². The molecule has 10 heteroatoms. The zero-order chi connectivity index (χ0) is 20.5. The molecule has 0 aliphatic heterocycles. The van der Waals surface area contributed by atoms with Crippen molar-refractivity contribution in [3.05, 3.63) is 41.9 Å². The number of amides is 3. The van der Waals surface area contributed by atoms with Crippen molar-refractivity contribution in [2.45, 2.75) is 6.54 Å². The number of methoxy groups -OCH3 is 3. The first kappa shape index (κ1) is 20.6. The van der Waals surface area contributed by atoms with Gasteiger partial charge in [-0.3, -0.25) is 10.1 Å². The fourth-order valence-corrected chi connectivity index (χ4v) is 2.28. The molecular formula is C18H21N3O7. The van der Waals surface area contributed by atoms with Crippen molar-refractivity contribution in [1.82, 2.24) is 10.6 Å². The Morgan fingerprint density at radius 3 is 2.39 bits per heavy atom. The SMILES string of the molecule is COC(=O)c1cc(OC)c(OC)cc1NCC(=O)NC(=O)NCc1ccco1. The van der Waals surface area contributed by atoms with Gasteiger partial charge in [0.15, 0.2) is 11.5 Å². The van der Waals surface area contributed by atoms with E-state index in [0.29, 0.717) is 17.3 Å². The largest absolute Gasteiger partial charge is 0.493 e. The Morgan fingerprint density at radius 2 is 1.79 bits per heavy atom. The molecule has 1 heterocycles. The van der Waals surface area contributed by atoms with Crippen LogP contribution in [0.25, 0.3) is 0 Å². The van der Waals surface area contributed by atoms with Gasteiger partial charge in [-0.25, -0.2) is 9.59 Å². The molecule has 150 valence electrons. The molecule has 2 aromatic rings. The fraction of sp³-hybridized carbons (Fsp3) is 0.278. The molecule has 0 spiro atoms. The molecule has 1 aromatic heterocycles. The van der Waals surface area contributed by atoms with Crippen molar-refractivity contribution in [3.8, 4) is 11.5 Å². The van der Waals surface area contributed by atoms with E-state index in [1.807, 2.05) is 0 Å². The van der Waals surface area contributed by atoms with Crippen LogP contribution in [0.15, 0.2) is 34.9 Å². The van der Waals surface area contributed by atoms with Crippen LogP contribution in [0.2, 0.25) is 0 Å². The van der Waals surface area contributed by atoms with E-state index in [0.717, 1.165) is 0 Å². The normalized spacial score (nSPS) is 9.96. The summed E-state index contributed by atoms with van der Waals surface area (Å²) in [5.41, 5.74) is 0.436. The van der Waals surface area contributed by atoms with Crippen molar-refractivity contribution >= 4 is 23.6 Å². The van der Waals surface area contributed by atoms with Gasteiger partial charge in [-0.15, -0.1) is 0 Å². The highest BCUT2D eigenvalue weighted by atomic mass is 16.5. The fourth-order valence-electron chi connectivity index (χ4n) is 2.28. The van der Waals surface area contributed by atoms with Crippen molar-refractivity contribution in [3.63, 3.8) is 0 Å². The molecule has 0 aliphatic carbocycles. The molecule has 0 unspecified atom stereocenters. The van der Waals surface area contributed by atoms with Crippen LogP contribution < -0.4 is 25.4 Å². The summed E-state index contributed by atoms with van der Waals surface area (Å²) in [5.74, 6) is 0.000766. The van der Waals surface area contributed by atoms with E-state index >= 15 is 0 Å². The third-order valence-electron chi connectivity index (χ3n) is 3.62. The summed E-state index contributed by atoms with van der Waals surface area (Å²) in [5, 5.41) is 7.43. The number of imide groups is 1. The van der Waals surface area contributed by atoms with Crippen LogP contribution in [-0.4, -0.2) is 45.8 Å². The predicted octanol–water partition coefficient (Wildman–Crippen LogP) is 1.52. The summed E-state index contributed by atoms with van der Waals surface area (Å²) in [7, 11) is 4.11. The van der Waals surface area contributed by atoms with Crippen molar-refractivity contribution < 1.29 is 33.0 Å². The first-order valence-corrected chi connectivity index (χ1v) is 8.16. The highest BCUT2D eigenvalue weighted by Crippen LogP contribution is 2.33. The zero-order valence-electron chi connectivity index (χ0n) is 15.7. The summed E-state index contributed by atoms with van der Waals surface area (Å²) in [4.78, 5) is 35.7. The monoisotopic (exact) mass is 391 g/mol. The van der Waals surface area contributed by atoms with Gasteiger partial charge in [0.2, 0.25) is 5.91 Å². The van der Waals surface area contributed by atoms with Gasteiger partial charge in [-0.05, 0) is 12.1 Å². The number of hydrogen-bond donors (Lipinski definition) is 3. The second kappa shape index (κ2) is 9.86. The lowest BCUT2D eigenvalue weighted by atomic mass is 10.1. The molecule has 0 atom stereocenters. The molecule has 0 fully saturated rings. The maximum atomic E-state index is 12.0. The number of rotatable bonds is 8. The molecule has 0 radical (unpaired) electrons. The Kier molecular flexibility index (Phi) is 7.26. The number of hydrogen-bond acceptors (Lipinski definition) is 8. The van der Waals surface area contributed by atoms with Crippen LogP contribution in [0.5, 0.6) is 11.5 Å². The highest BCUT2D eigenvalue weighted by Gasteiger charge is 2.18. The summed E-state index contributed by atoms with van der Waals surface area (Å²) in [6, 6.07) is 5.63. The topological polar surface area (TPSA) is 128 Å². The maximum Gasteiger partial charge on any atom is 0.340 e. The molecule has 2 rings (SSSR count). The standard InChI is InChI=1S/C18H21N3O7/c1-25-14-7-12(17(23)27-3)13(8-15(14)26-2)19-10-16(22)21-18(24)20-9-11-5-4-6-28-11/h4-8,19H,9-10H2,1-3H3,(H2,20,21,22,24). The molecule has 0 aliphatic rings. The van der Waals surface area contributed by atoms with Crippen molar-refractivity contribution in [2.75, 3.05) is 33.2 Å². The van der Waals surface area contributed by atoms with E-state index in [1.165, 1.54) is 39.7 Å². The van der Waals surface area contributed by atoms with Gasteiger partial charge >= 0.3 is 12.0 Å². The highest BCUT2D eigenvalue weighted by molar-refractivity contribution is 5.99. The lowest BCUT2D eigenvalue weighted by molar-refractivity contribution is -0.118. The van der Waals surface area contributed by atoms with Crippen molar-refractivity contribution in [1.29, 1.82) is 0 Å². The quantitative estimate of drug-likeness (QED) is 0.578. The van der Waals surface area contributed by atoms with Gasteiger partial charge in [0.25, 0.3) is 0 Å². The summed E-state index contributed by atoms with van der Waals surface area (Å²) in [6.45, 7) is -0.130. The van der Waals surface area contributed by atoms with Crippen LogP contribution in [0.4, 0.5) is 10.5 Å². The first-order valence-electron chi connectivity index (χ1n) is 8.16. The number of anilines is 1. The van der Waals surface area contributed by atoms with E-state index in [4.69, 9.17) is 18.6 Å². The van der Waals surface area contributed by atoms with Crippen LogP contribution in [0.1, 0.15) is 16.1 Å². The van der Waals surface area contributed by atoms with Gasteiger partial charge in [0.05, 0.1) is 51.9 Å². The van der Waals surface area contributed by atoms with Crippen LogP contribution in [0, 0.1) is 0 Å². The predicted molar refractivity (Wildman–Crippen MR) is 98.5 cm³/mol. The number of carbonyl (C=O) groups is 3. The Hall–Kier alpha value is -3.69. The Bertz CT molecular complexity index is 834. The Balaban J connectivity index is 1.98. The number of benzene rings is 1. The van der Waals surface area contributed by atoms with Crippen LogP contribution in [0.3, 0.4) is 0 Å². The number of esters is 1. The van der Waals surface area contributed by atoms with Gasteiger partial charge < -0.3 is 29.3 Å². The molecule has 28 heavy (non-hydrogen) atoms. The average molecular weight is 391 g/mol. The average Bonchev–Trinajstić information content (AvgIpc) is 3.23. The van der Waals surface area contributed by atoms with Gasteiger partial charge in [-0.1, -0.05) is 0 Å². The maximum absolute atomic E-state index is 12.0. The van der Waals surface area contributed by atoms with E-state index in [9.17, 15) is 14.4 Å². The third kappa shape index (κ3) is 5.40. The van der Waals surface area contributed by atoms with Gasteiger partial charge in [-0.2, -0.15) is 0 Å². The van der Waals surface area contributed by atoms with E-state index in [2.05, 4.69) is 16.0 Å². The first-order chi connectivity index (χ1) is 13.5. The Morgan fingerprint density at radius 1 is 1.07 bits per heavy atom. The number of urea groups is 1. The summed E-state index contributed by atoms with van der Waals surface area (Å²) in [6.07, 6.45) is 1.48. The zero-order valence-corrected chi connectivity index (χ0v) is 15.7. The molecular weight excluding hydrogens is 370 g/mol. The lowest BCUT2D eigenvalue weighted by Gasteiger charge is -2.15. The number of furan rings is 1. The minimum absolute atomic E-state index is 0.141. The summed E-state index contributed by atoms with van der Waals surface area (Å²) >= 11 is 0. The van der Waals surface area contributed by atoms with Gasteiger partial charge in [0.1, 0.15) is 5.76 Å². The Labute approximate surface area is 161 Å². The molecule has 0 bridgehead atoms. The number of carbonyl (C=O) groups excluding carboxylic acids is 3. The van der Waals surface area contributed by atoms with E-state index < -0.39 is 17.9 Å². The molecule has 10 nitrogen and oxygen atoms in total. The van der Waals surface area contributed by atoms with Gasteiger partial charge in [0, 0.05) is 12.1 Å². The van der Waals surface area contributed by atoms with Crippen molar-refractivity contribution in [2.24, 2.45) is 0 Å². The summed E-state index contributed by atoms with van der Waals surface area (Å²) < 4.78 is 20.2. The van der Waals surface area contributed by atoms with E-state index in [-0.39, 0.29) is 24.3 Å². The molecule has 1 aromatic carbocycles. The van der Waals surface area contributed by atoms with Crippen LogP contribution >= 0.6 is 0 Å². The van der Waals surface area contributed by atoms with E-state index in [1.54, 1.807) is 12.1 Å². The number of nitrogens with one attached hydrogen (secondary N) is 3. The third-order valence-corrected chi connectivity index (χ3v) is 3.62. The molecule has 0 saturated carbocycles. The molecule has 0 saturated heterocycles. The molecule has 3 amide bonds.